The molecule has 2 rings (SSSR count). The average molecular weight is 351 g/mol. The SMILES string of the molecule is Cc1cn(Cc2c(F)cccc2Cl)nc1I. The van der Waals surface area contributed by atoms with Gasteiger partial charge in [-0.3, -0.25) is 4.68 Å². The molecule has 0 amide bonds. The predicted octanol–water partition coefficient (Wildman–Crippen LogP) is 3.64. The number of benzene rings is 1. The smallest absolute Gasteiger partial charge is 0.129 e. The maximum atomic E-state index is 13.5. The Labute approximate surface area is 112 Å². The summed E-state index contributed by atoms with van der Waals surface area (Å²) in [5.41, 5.74) is 1.55. The number of hydrogen-bond acceptors (Lipinski definition) is 1. The molecule has 0 saturated carbocycles. The van der Waals surface area contributed by atoms with E-state index in [9.17, 15) is 4.39 Å². The zero-order chi connectivity index (χ0) is 11.7. The molecule has 2 aromatic rings. The molecule has 0 spiro atoms. The largest absolute Gasteiger partial charge is 0.267 e. The molecule has 1 aromatic carbocycles. The molecule has 0 radical (unpaired) electrons. The number of rotatable bonds is 2. The highest BCUT2D eigenvalue weighted by Crippen LogP contribution is 2.20. The molecule has 0 bridgehead atoms. The molecule has 2 nitrogen and oxygen atoms in total. The molecule has 5 heteroatoms. The van der Waals surface area contributed by atoms with Crippen LogP contribution >= 0.6 is 34.2 Å². The molecule has 0 aliphatic heterocycles. The molecule has 0 aliphatic rings. The van der Waals surface area contributed by atoms with Crippen LogP contribution in [0, 0.1) is 16.4 Å². The zero-order valence-electron chi connectivity index (χ0n) is 8.54. The van der Waals surface area contributed by atoms with Crippen LogP contribution in [-0.2, 0) is 6.54 Å². The van der Waals surface area contributed by atoms with Crippen LogP contribution in [-0.4, -0.2) is 9.78 Å². The Bertz CT molecular complexity index is 485. The van der Waals surface area contributed by atoms with Crippen molar-refractivity contribution in [3.63, 3.8) is 0 Å². The second-order valence-electron chi connectivity index (χ2n) is 3.50. The standard InChI is InChI=1S/C11H9ClFIN2/c1-7-5-16(15-11(7)14)6-8-9(12)3-2-4-10(8)13/h2-5H,6H2,1H3. The first-order chi connectivity index (χ1) is 7.58. The third kappa shape index (κ3) is 2.38. The quantitative estimate of drug-likeness (QED) is 0.756. The minimum absolute atomic E-state index is 0.296. The van der Waals surface area contributed by atoms with E-state index >= 15 is 0 Å². The maximum Gasteiger partial charge on any atom is 0.129 e. The minimum Gasteiger partial charge on any atom is -0.267 e. The molecular formula is C11H9ClFIN2. The van der Waals surface area contributed by atoms with E-state index in [2.05, 4.69) is 27.7 Å². The molecule has 0 unspecified atom stereocenters. The van der Waals surface area contributed by atoms with Crippen LogP contribution in [0.15, 0.2) is 24.4 Å². The van der Waals surface area contributed by atoms with Crippen molar-refractivity contribution in [1.29, 1.82) is 0 Å². The van der Waals surface area contributed by atoms with Crippen molar-refractivity contribution in [3.05, 3.63) is 50.1 Å². The van der Waals surface area contributed by atoms with Gasteiger partial charge >= 0.3 is 0 Å². The van der Waals surface area contributed by atoms with Crippen LogP contribution in [0.25, 0.3) is 0 Å². The van der Waals surface area contributed by atoms with E-state index in [-0.39, 0.29) is 5.82 Å². The monoisotopic (exact) mass is 350 g/mol. The molecule has 0 atom stereocenters. The highest BCUT2D eigenvalue weighted by atomic mass is 127. The number of aromatic nitrogens is 2. The van der Waals surface area contributed by atoms with Crippen LogP contribution in [0.2, 0.25) is 5.02 Å². The third-order valence-corrected chi connectivity index (χ3v) is 3.69. The first kappa shape index (κ1) is 11.9. The van der Waals surface area contributed by atoms with Gasteiger partial charge < -0.3 is 0 Å². The van der Waals surface area contributed by atoms with Crippen LogP contribution < -0.4 is 0 Å². The molecule has 0 N–H and O–H groups in total. The topological polar surface area (TPSA) is 17.8 Å². The molecule has 1 heterocycles. The number of aryl methyl sites for hydroxylation is 1. The fourth-order valence-corrected chi connectivity index (χ4v) is 2.06. The third-order valence-electron chi connectivity index (χ3n) is 2.27. The van der Waals surface area contributed by atoms with Gasteiger partial charge in [0.1, 0.15) is 9.52 Å². The lowest BCUT2D eigenvalue weighted by molar-refractivity contribution is 0.584. The molecule has 0 fully saturated rings. The van der Waals surface area contributed by atoms with E-state index in [4.69, 9.17) is 11.6 Å². The van der Waals surface area contributed by atoms with Crippen LogP contribution in [0.4, 0.5) is 4.39 Å². The van der Waals surface area contributed by atoms with Gasteiger partial charge in [0, 0.05) is 22.3 Å². The summed E-state index contributed by atoms with van der Waals surface area (Å²) in [6, 6.07) is 4.68. The van der Waals surface area contributed by atoms with E-state index in [1.165, 1.54) is 6.07 Å². The lowest BCUT2D eigenvalue weighted by Crippen LogP contribution is -2.03. The first-order valence-corrected chi connectivity index (χ1v) is 6.16. The van der Waals surface area contributed by atoms with Crippen molar-refractivity contribution in [2.75, 3.05) is 0 Å². The molecule has 16 heavy (non-hydrogen) atoms. The van der Waals surface area contributed by atoms with Crippen molar-refractivity contribution in [2.24, 2.45) is 0 Å². The summed E-state index contributed by atoms with van der Waals surface area (Å²) in [7, 11) is 0. The second kappa shape index (κ2) is 4.71. The van der Waals surface area contributed by atoms with Gasteiger partial charge in [-0.1, -0.05) is 17.7 Å². The molecule has 0 saturated heterocycles. The Hall–Kier alpha value is -0.620. The van der Waals surface area contributed by atoms with E-state index < -0.39 is 0 Å². The summed E-state index contributed by atoms with van der Waals surface area (Å²) >= 11 is 8.09. The summed E-state index contributed by atoms with van der Waals surface area (Å²) < 4.78 is 16.1. The van der Waals surface area contributed by atoms with Crippen molar-refractivity contribution >= 4 is 34.2 Å². The molecule has 0 aliphatic carbocycles. The summed E-state index contributed by atoms with van der Waals surface area (Å²) in [6.45, 7) is 2.32. The van der Waals surface area contributed by atoms with Gasteiger partial charge in [0.2, 0.25) is 0 Å². The summed E-state index contributed by atoms with van der Waals surface area (Å²) in [5.74, 6) is -0.296. The Morgan fingerprint density at radius 1 is 1.50 bits per heavy atom. The Morgan fingerprint density at radius 3 is 2.81 bits per heavy atom. The van der Waals surface area contributed by atoms with E-state index in [0.717, 1.165) is 9.26 Å². The van der Waals surface area contributed by atoms with Crippen molar-refractivity contribution in [3.8, 4) is 0 Å². The Morgan fingerprint density at radius 2 is 2.25 bits per heavy atom. The van der Waals surface area contributed by atoms with Gasteiger partial charge in [-0.05, 0) is 41.6 Å². The minimum atomic E-state index is -0.296. The number of hydrogen-bond donors (Lipinski definition) is 0. The van der Waals surface area contributed by atoms with Gasteiger partial charge in [-0.15, -0.1) is 0 Å². The Kier molecular flexibility index (Phi) is 3.49. The van der Waals surface area contributed by atoms with Gasteiger partial charge in [-0.25, -0.2) is 4.39 Å². The lowest BCUT2D eigenvalue weighted by Gasteiger charge is -2.05. The highest BCUT2D eigenvalue weighted by molar-refractivity contribution is 14.1. The zero-order valence-corrected chi connectivity index (χ0v) is 11.5. The summed E-state index contributed by atoms with van der Waals surface area (Å²) in [6.07, 6.45) is 1.88. The fraction of sp³-hybridized carbons (Fsp3) is 0.182. The fourth-order valence-electron chi connectivity index (χ4n) is 1.42. The maximum absolute atomic E-state index is 13.5. The van der Waals surface area contributed by atoms with Crippen LogP contribution in [0.1, 0.15) is 11.1 Å². The van der Waals surface area contributed by atoms with E-state index in [0.29, 0.717) is 17.1 Å². The van der Waals surface area contributed by atoms with Gasteiger partial charge in [0.15, 0.2) is 0 Å². The molecule has 1 aromatic heterocycles. The lowest BCUT2D eigenvalue weighted by atomic mass is 10.2. The van der Waals surface area contributed by atoms with Gasteiger partial charge in [0.05, 0.1) is 6.54 Å². The van der Waals surface area contributed by atoms with Crippen molar-refractivity contribution < 1.29 is 4.39 Å². The van der Waals surface area contributed by atoms with Gasteiger partial charge in [0.25, 0.3) is 0 Å². The van der Waals surface area contributed by atoms with Crippen molar-refractivity contribution in [1.82, 2.24) is 9.78 Å². The first-order valence-electron chi connectivity index (χ1n) is 4.70. The molecule has 84 valence electrons. The predicted molar refractivity (Wildman–Crippen MR) is 70.2 cm³/mol. The average Bonchev–Trinajstić information content (AvgIpc) is 2.53. The Balaban J connectivity index is 2.33. The van der Waals surface area contributed by atoms with E-state index in [1.807, 2.05) is 13.1 Å². The normalized spacial score (nSPS) is 10.8. The number of halogens is 3. The summed E-state index contributed by atoms with van der Waals surface area (Å²) in [4.78, 5) is 0. The molecular weight excluding hydrogens is 341 g/mol. The van der Waals surface area contributed by atoms with E-state index in [1.54, 1.807) is 16.8 Å². The summed E-state index contributed by atoms with van der Waals surface area (Å²) in [5, 5.41) is 4.70. The highest BCUT2D eigenvalue weighted by Gasteiger charge is 2.09. The van der Waals surface area contributed by atoms with Gasteiger partial charge in [-0.2, -0.15) is 5.10 Å². The van der Waals surface area contributed by atoms with Crippen LogP contribution in [0.3, 0.4) is 0 Å². The second-order valence-corrected chi connectivity index (χ2v) is 4.93. The number of nitrogens with zero attached hydrogens (tertiary/aromatic N) is 2. The van der Waals surface area contributed by atoms with Crippen LogP contribution in [0.5, 0.6) is 0 Å². The van der Waals surface area contributed by atoms with Crippen molar-refractivity contribution in [2.45, 2.75) is 13.5 Å².